The Hall–Kier alpha value is -2.23. The molecule has 2 aromatic heterocycles. The Kier molecular flexibility index (Phi) is 5.79. The Labute approximate surface area is 158 Å². The minimum absolute atomic E-state index is 0.197. The van der Waals surface area contributed by atoms with Gasteiger partial charge in [-0.2, -0.15) is 0 Å². The molecule has 0 atom stereocenters. The van der Waals surface area contributed by atoms with Crippen LogP contribution >= 0.6 is 35.3 Å². The molecular weight excluding hydrogens is 374 g/mol. The van der Waals surface area contributed by atoms with Crippen molar-refractivity contribution in [2.24, 2.45) is 0 Å². The molecular formula is C16H15N5OS3. The second kappa shape index (κ2) is 8.24. The van der Waals surface area contributed by atoms with E-state index in [1.807, 2.05) is 36.6 Å². The summed E-state index contributed by atoms with van der Waals surface area (Å²) < 4.78 is 1.67. The van der Waals surface area contributed by atoms with E-state index in [1.165, 1.54) is 28.7 Å². The molecule has 1 aromatic carbocycles. The molecule has 3 rings (SSSR count). The maximum Gasteiger partial charge on any atom is 0.267 e. The fourth-order valence-corrected chi connectivity index (χ4v) is 3.69. The second-order valence-electron chi connectivity index (χ2n) is 5.01. The normalized spacial score (nSPS) is 10.4. The quantitative estimate of drug-likeness (QED) is 0.516. The number of hydrogen-bond donors (Lipinski definition) is 2. The molecule has 2 N–H and O–H groups in total. The molecule has 25 heavy (non-hydrogen) atoms. The van der Waals surface area contributed by atoms with Crippen molar-refractivity contribution in [3.05, 3.63) is 64.1 Å². The van der Waals surface area contributed by atoms with Crippen molar-refractivity contribution < 1.29 is 4.79 Å². The Morgan fingerprint density at radius 1 is 1.24 bits per heavy atom. The molecule has 0 spiro atoms. The van der Waals surface area contributed by atoms with Gasteiger partial charge in [0.2, 0.25) is 5.16 Å². The predicted molar refractivity (Wildman–Crippen MR) is 105 cm³/mol. The van der Waals surface area contributed by atoms with Crippen LogP contribution in [-0.2, 0) is 5.75 Å². The smallest absolute Gasteiger partial charge is 0.267 e. The van der Waals surface area contributed by atoms with E-state index in [4.69, 9.17) is 12.2 Å². The first-order chi connectivity index (χ1) is 12.1. The number of amides is 1. The zero-order valence-corrected chi connectivity index (χ0v) is 15.8. The van der Waals surface area contributed by atoms with E-state index >= 15 is 0 Å². The first-order valence-electron chi connectivity index (χ1n) is 7.38. The Balaban J connectivity index is 1.63. The lowest BCUT2D eigenvalue weighted by molar-refractivity contribution is 0.0981. The fourth-order valence-electron chi connectivity index (χ4n) is 1.99. The Morgan fingerprint density at radius 3 is 2.76 bits per heavy atom. The average Bonchev–Trinajstić information content (AvgIpc) is 3.26. The van der Waals surface area contributed by atoms with Crippen molar-refractivity contribution in [2.75, 3.05) is 5.43 Å². The highest BCUT2D eigenvalue weighted by molar-refractivity contribution is 7.98. The molecule has 0 saturated carbocycles. The molecule has 0 aliphatic rings. The first kappa shape index (κ1) is 17.6. The molecule has 0 aliphatic carbocycles. The number of nitrogens with zero attached hydrogens (tertiary/aromatic N) is 3. The average molecular weight is 390 g/mol. The maximum absolute atomic E-state index is 12.1. The van der Waals surface area contributed by atoms with Gasteiger partial charge in [-0.3, -0.25) is 15.5 Å². The molecule has 0 radical (unpaired) electrons. The summed E-state index contributed by atoms with van der Waals surface area (Å²) in [6, 6.07) is 13.7. The van der Waals surface area contributed by atoms with Crippen LogP contribution in [0, 0.1) is 6.92 Å². The topological polar surface area (TPSA) is 71.8 Å². The number of thiocarbonyl (C=S) groups is 1. The van der Waals surface area contributed by atoms with Gasteiger partial charge in [-0.05, 0) is 36.2 Å². The summed E-state index contributed by atoms with van der Waals surface area (Å²) >= 11 is 8.12. The summed E-state index contributed by atoms with van der Waals surface area (Å²) in [5, 5.41) is 13.6. The highest BCUT2D eigenvalue weighted by Crippen LogP contribution is 2.20. The van der Waals surface area contributed by atoms with Gasteiger partial charge in [0.1, 0.15) is 5.82 Å². The highest BCUT2D eigenvalue weighted by Gasteiger charge is 2.13. The fraction of sp³-hybridized carbons (Fsp3) is 0.125. The van der Waals surface area contributed by atoms with E-state index in [0.29, 0.717) is 15.9 Å². The standard InChI is InChI=1S/C16H15N5OS3/c1-11-18-19-16(25-10-12-6-3-2-4-7-12)21(11)20-15(23)17-14(22)13-8-5-9-24-13/h2-9H,10H2,1H3,(H2,17,20,22,23). The van der Waals surface area contributed by atoms with E-state index in [2.05, 4.69) is 33.1 Å². The number of hydrogen-bond acceptors (Lipinski definition) is 6. The monoisotopic (exact) mass is 389 g/mol. The van der Waals surface area contributed by atoms with E-state index < -0.39 is 0 Å². The molecule has 9 heteroatoms. The minimum Gasteiger partial charge on any atom is -0.297 e. The van der Waals surface area contributed by atoms with Crippen molar-refractivity contribution in [3.8, 4) is 0 Å². The first-order valence-corrected chi connectivity index (χ1v) is 9.65. The van der Waals surface area contributed by atoms with Crippen molar-refractivity contribution in [2.45, 2.75) is 17.8 Å². The van der Waals surface area contributed by atoms with Gasteiger partial charge in [-0.25, -0.2) is 4.68 Å². The third-order valence-corrected chi connectivity index (χ3v) is 5.25. The van der Waals surface area contributed by atoms with Crippen molar-refractivity contribution in [1.82, 2.24) is 20.2 Å². The van der Waals surface area contributed by atoms with Crippen LogP contribution in [0.2, 0.25) is 0 Å². The molecule has 0 saturated heterocycles. The predicted octanol–water partition coefficient (Wildman–Crippen LogP) is 3.20. The largest absolute Gasteiger partial charge is 0.297 e. The number of rotatable bonds is 5. The third kappa shape index (κ3) is 4.65. The van der Waals surface area contributed by atoms with E-state index in [0.717, 1.165) is 5.75 Å². The van der Waals surface area contributed by atoms with Gasteiger partial charge in [-0.1, -0.05) is 48.2 Å². The van der Waals surface area contributed by atoms with Crippen LogP contribution in [0.15, 0.2) is 53.0 Å². The van der Waals surface area contributed by atoms with Crippen molar-refractivity contribution in [3.63, 3.8) is 0 Å². The summed E-state index contributed by atoms with van der Waals surface area (Å²) in [5.41, 5.74) is 4.15. The van der Waals surface area contributed by atoms with E-state index in [1.54, 1.807) is 10.7 Å². The minimum atomic E-state index is -0.239. The van der Waals surface area contributed by atoms with Crippen LogP contribution in [0.1, 0.15) is 21.1 Å². The summed E-state index contributed by atoms with van der Waals surface area (Å²) in [7, 11) is 0. The highest BCUT2D eigenvalue weighted by atomic mass is 32.2. The van der Waals surface area contributed by atoms with Gasteiger partial charge in [-0.15, -0.1) is 21.5 Å². The lowest BCUT2D eigenvalue weighted by atomic mass is 10.2. The van der Waals surface area contributed by atoms with Crippen LogP contribution in [0.3, 0.4) is 0 Å². The molecule has 0 fully saturated rings. The molecule has 0 aliphatic heterocycles. The van der Waals surface area contributed by atoms with Crippen molar-refractivity contribution in [1.29, 1.82) is 0 Å². The Morgan fingerprint density at radius 2 is 2.04 bits per heavy atom. The zero-order valence-electron chi connectivity index (χ0n) is 13.3. The number of thioether (sulfide) groups is 1. The van der Waals surface area contributed by atoms with Gasteiger partial charge in [0.15, 0.2) is 5.11 Å². The van der Waals surface area contributed by atoms with Crippen molar-refractivity contribution >= 4 is 46.3 Å². The lowest BCUT2D eigenvalue weighted by Crippen LogP contribution is -2.38. The van der Waals surface area contributed by atoms with Gasteiger partial charge in [0.25, 0.3) is 5.91 Å². The number of aryl methyl sites for hydroxylation is 1. The molecule has 6 nitrogen and oxygen atoms in total. The van der Waals surface area contributed by atoms with E-state index in [-0.39, 0.29) is 11.0 Å². The molecule has 0 unspecified atom stereocenters. The molecule has 3 aromatic rings. The molecule has 0 bridgehead atoms. The lowest BCUT2D eigenvalue weighted by Gasteiger charge is -2.12. The van der Waals surface area contributed by atoms with Gasteiger partial charge in [0.05, 0.1) is 4.88 Å². The number of carbonyl (C=O) groups is 1. The van der Waals surface area contributed by atoms with Crippen LogP contribution in [0.5, 0.6) is 0 Å². The number of aromatic nitrogens is 3. The van der Waals surface area contributed by atoms with Gasteiger partial charge in [0, 0.05) is 5.75 Å². The molecule has 1 amide bonds. The zero-order chi connectivity index (χ0) is 17.6. The summed E-state index contributed by atoms with van der Waals surface area (Å²) in [6.45, 7) is 1.82. The summed E-state index contributed by atoms with van der Waals surface area (Å²) in [6.07, 6.45) is 0. The Bertz CT molecular complexity index is 861. The van der Waals surface area contributed by atoms with Crippen LogP contribution in [0.4, 0.5) is 0 Å². The van der Waals surface area contributed by atoms with Crippen LogP contribution < -0.4 is 10.7 Å². The summed E-state index contributed by atoms with van der Waals surface area (Å²) in [5.74, 6) is 1.18. The number of thiophene rings is 1. The van der Waals surface area contributed by atoms with Gasteiger partial charge < -0.3 is 0 Å². The third-order valence-electron chi connectivity index (χ3n) is 3.19. The molecule has 128 valence electrons. The number of carbonyl (C=O) groups excluding carboxylic acids is 1. The SMILES string of the molecule is Cc1nnc(SCc2ccccc2)n1NC(=S)NC(=O)c1cccs1. The van der Waals surface area contributed by atoms with Gasteiger partial charge >= 0.3 is 0 Å². The maximum atomic E-state index is 12.1. The van der Waals surface area contributed by atoms with Crippen LogP contribution in [-0.4, -0.2) is 25.9 Å². The second-order valence-corrected chi connectivity index (χ2v) is 7.31. The number of benzene rings is 1. The van der Waals surface area contributed by atoms with Crippen LogP contribution in [0.25, 0.3) is 0 Å². The summed E-state index contributed by atoms with van der Waals surface area (Å²) in [4.78, 5) is 12.7. The number of nitrogens with one attached hydrogen (secondary N) is 2. The molecule has 2 heterocycles. The van der Waals surface area contributed by atoms with E-state index in [9.17, 15) is 4.79 Å².